The molecule has 2 aromatic carbocycles. The molecule has 2 heterocycles. The summed E-state index contributed by atoms with van der Waals surface area (Å²) < 4.78 is 44.5. The fourth-order valence-corrected chi connectivity index (χ4v) is 4.11. The van der Waals surface area contributed by atoms with Crippen LogP contribution in [-0.4, -0.2) is 68.2 Å². The first kappa shape index (κ1) is 22.8. The Hall–Kier alpha value is -3.34. The Bertz CT molecular complexity index is 1030. The molecule has 176 valence electrons. The third-order valence-corrected chi connectivity index (χ3v) is 5.88. The van der Waals surface area contributed by atoms with E-state index >= 15 is 0 Å². The van der Waals surface area contributed by atoms with E-state index in [0.29, 0.717) is 63.9 Å². The number of rotatable bonds is 4. The number of nitro benzene ring substituents is 1. The molecule has 2 fully saturated rings. The second-order valence-electron chi connectivity index (χ2n) is 7.89. The number of alkyl halides is 3. The van der Waals surface area contributed by atoms with Gasteiger partial charge in [0, 0.05) is 57.1 Å². The Morgan fingerprint density at radius 3 is 2.27 bits per heavy atom. The first-order chi connectivity index (χ1) is 15.7. The summed E-state index contributed by atoms with van der Waals surface area (Å²) in [7, 11) is 0. The van der Waals surface area contributed by atoms with Crippen molar-refractivity contribution < 1.29 is 27.6 Å². The maximum absolute atomic E-state index is 13.3. The molecule has 1 amide bonds. The lowest BCUT2D eigenvalue weighted by Crippen LogP contribution is -2.49. The molecule has 0 saturated carbocycles. The number of anilines is 2. The zero-order chi connectivity index (χ0) is 23.6. The van der Waals surface area contributed by atoms with E-state index in [4.69, 9.17) is 4.74 Å². The number of amides is 1. The number of morpholine rings is 1. The number of nitro groups is 1. The number of ether oxygens (including phenoxy) is 1. The number of hydrogen-bond acceptors (Lipinski definition) is 6. The highest BCUT2D eigenvalue weighted by molar-refractivity contribution is 6.00. The van der Waals surface area contributed by atoms with Crippen LogP contribution in [0.1, 0.15) is 15.9 Å². The lowest BCUT2D eigenvalue weighted by molar-refractivity contribution is -0.384. The molecule has 0 aromatic heterocycles. The molecule has 0 atom stereocenters. The molecule has 8 nitrogen and oxygen atoms in total. The van der Waals surface area contributed by atoms with Crippen LogP contribution >= 0.6 is 0 Å². The number of carbonyl (C=O) groups excluding carboxylic acids is 1. The van der Waals surface area contributed by atoms with Gasteiger partial charge in [0.1, 0.15) is 0 Å². The summed E-state index contributed by atoms with van der Waals surface area (Å²) in [5.41, 5.74) is 0.428. The van der Waals surface area contributed by atoms with Crippen LogP contribution in [0, 0.1) is 10.1 Å². The van der Waals surface area contributed by atoms with Gasteiger partial charge in [-0.2, -0.15) is 13.2 Å². The molecule has 0 aliphatic carbocycles. The highest BCUT2D eigenvalue weighted by Gasteiger charge is 2.32. The fraction of sp³-hybridized carbons (Fsp3) is 0.409. The van der Waals surface area contributed by atoms with Crippen molar-refractivity contribution in [3.8, 4) is 0 Å². The minimum Gasteiger partial charge on any atom is -0.378 e. The maximum Gasteiger partial charge on any atom is 0.416 e. The van der Waals surface area contributed by atoms with Crippen LogP contribution in [0.3, 0.4) is 0 Å². The van der Waals surface area contributed by atoms with Crippen LogP contribution in [0.2, 0.25) is 0 Å². The van der Waals surface area contributed by atoms with Crippen LogP contribution in [0.25, 0.3) is 0 Å². The smallest absolute Gasteiger partial charge is 0.378 e. The van der Waals surface area contributed by atoms with Gasteiger partial charge in [0.2, 0.25) is 0 Å². The van der Waals surface area contributed by atoms with Crippen molar-refractivity contribution in [2.24, 2.45) is 0 Å². The first-order valence-corrected chi connectivity index (χ1v) is 10.6. The van der Waals surface area contributed by atoms with E-state index in [9.17, 15) is 28.1 Å². The number of nitrogens with zero attached hydrogens (tertiary/aromatic N) is 4. The van der Waals surface area contributed by atoms with Gasteiger partial charge in [0.05, 0.1) is 35.0 Å². The third kappa shape index (κ3) is 5.03. The molecule has 0 bridgehead atoms. The van der Waals surface area contributed by atoms with Gasteiger partial charge in [-0.15, -0.1) is 0 Å². The minimum absolute atomic E-state index is 0.169. The van der Waals surface area contributed by atoms with Gasteiger partial charge in [0.15, 0.2) is 0 Å². The highest BCUT2D eigenvalue weighted by Crippen LogP contribution is 2.32. The van der Waals surface area contributed by atoms with Gasteiger partial charge >= 0.3 is 6.18 Å². The Labute approximate surface area is 188 Å². The van der Waals surface area contributed by atoms with E-state index in [1.54, 1.807) is 21.9 Å². The lowest BCUT2D eigenvalue weighted by Gasteiger charge is -2.37. The van der Waals surface area contributed by atoms with Crippen LogP contribution < -0.4 is 9.80 Å². The molecule has 2 aliphatic heterocycles. The van der Waals surface area contributed by atoms with Gasteiger partial charge in [-0.25, -0.2) is 0 Å². The summed E-state index contributed by atoms with van der Waals surface area (Å²) in [6.45, 7) is 3.44. The number of carbonyl (C=O) groups is 1. The Morgan fingerprint density at radius 1 is 0.939 bits per heavy atom. The Balaban J connectivity index is 1.51. The monoisotopic (exact) mass is 464 g/mol. The van der Waals surface area contributed by atoms with Crippen LogP contribution in [-0.2, 0) is 10.9 Å². The fourth-order valence-electron chi connectivity index (χ4n) is 4.11. The van der Waals surface area contributed by atoms with Crippen molar-refractivity contribution in [2.75, 3.05) is 62.3 Å². The van der Waals surface area contributed by atoms with Crippen molar-refractivity contribution >= 4 is 23.0 Å². The van der Waals surface area contributed by atoms with E-state index in [-0.39, 0.29) is 17.2 Å². The van der Waals surface area contributed by atoms with Gasteiger partial charge in [-0.3, -0.25) is 14.9 Å². The van der Waals surface area contributed by atoms with Gasteiger partial charge in [-0.1, -0.05) is 6.07 Å². The molecule has 2 saturated heterocycles. The zero-order valence-corrected chi connectivity index (χ0v) is 17.8. The summed E-state index contributed by atoms with van der Waals surface area (Å²) in [4.78, 5) is 29.5. The van der Waals surface area contributed by atoms with Crippen molar-refractivity contribution in [1.82, 2.24) is 4.90 Å². The molecule has 0 unspecified atom stereocenters. The maximum atomic E-state index is 13.3. The lowest BCUT2D eigenvalue weighted by atomic mass is 10.1. The van der Waals surface area contributed by atoms with E-state index in [0.717, 1.165) is 12.1 Å². The largest absolute Gasteiger partial charge is 0.416 e. The van der Waals surface area contributed by atoms with Gasteiger partial charge in [0.25, 0.3) is 11.6 Å². The van der Waals surface area contributed by atoms with E-state index in [1.807, 2.05) is 4.90 Å². The van der Waals surface area contributed by atoms with Crippen LogP contribution in [0.15, 0.2) is 42.5 Å². The second kappa shape index (κ2) is 9.26. The van der Waals surface area contributed by atoms with Gasteiger partial charge < -0.3 is 19.4 Å². The topological polar surface area (TPSA) is 79.2 Å². The standard InChI is InChI=1S/C22H23F3N4O4/c23-22(24,25)16-2-1-3-17(14-16)26-6-8-28(9-7-26)21(30)19-15-18(29(31)32)4-5-20(19)27-10-12-33-13-11-27/h1-5,14-15H,6-13H2. The molecule has 0 spiro atoms. The van der Waals surface area contributed by atoms with Crippen LogP contribution in [0.4, 0.5) is 30.2 Å². The predicted octanol–water partition coefficient (Wildman–Crippen LogP) is 3.41. The van der Waals surface area contributed by atoms with Crippen molar-refractivity contribution in [2.45, 2.75) is 6.18 Å². The van der Waals surface area contributed by atoms with Crippen molar-refractivity contribution in [3.05, 3.63) is 63.7 Å². The third-order valence-electron chi connectivity index (χ3n) is 5.88. The molecule has 0 radical (unpaired) electrons. The van der Waals surface area contributed by atoms with E-state index in [1.165, 1.54) is 18.2 Å². The Kier molecular flexibility index (Phi) is 6.41. The summed E-state index contributed by atoms with van der Waals surface area (Å²) in [5, 5.41) is 11.3. The number of halogens is 3. The molecule has 33 heavy (non-hydrogen) atoms. The molecular formula is C22H23F3N4O4. The van der Waals surface area contributed by atoms with Crippen LogP contribution in [0.5, 0.6) is 0 Å². The quantitative estimate of drug-likeness (QED) is 0.510. The average molecular weight is 464 g/mol. The summed E-state index contributed by atoms with van der Waals surface area (Å²) in [6, 6.07) is 9.39. The second-order valence-corrected chi connectivity index (χ2v) is 7.89. The number of hydrogen-bond donors (Lipinski definition) is 0. The van der Waals surface area contributed by atoms with E-state index in [2.05, 4.69) is 0 Å². The minimum atomic E-state index is -4.42. The molecule has 11 heteroatoms. The zero-order valence-electron chi connectivity index (χ0n) is 17.8. The molecular weight excluding hydrogens is 441 g/mol. The van der Waals surface area contributed by atoms with E-state index < -0.39 is 16.7 Å². The van der Waals surface area contributed by atoms with Crippen molar-refractivity contribution in [1.29, 1.82) is 0 Å². The molecule has 0 N–H and O–H groups in total. The predicted molar refractivity (Wildman–Crippen MR) is 116 cm³/mol. The number of piperazine rings is 1. The van der Waals surface area contributed by atoms with Crippen molar-refractivity contribution in [3.63, 3.8) is 0 Å². The highest BCUT2D eigenvalue weighted by atomic mass is 19.4. The normalized spacial score (nSPS) is 17.2. The summed E-state index contributed by atoms with van der Waals surface area (Å²) in [6.07, 6.45) is -4.42. The summed E-state index contributed by atoms with van der Waals surface area (Å²) in [5.74, 6) is -0.330. The molecule has 2 aliphatic rings. The van der Waals surface area contributed by atoms with Gasteiger partial charge in [-0.05, 0) is 24.3 Å². The average Bonchev–Trinajstić information content (AvgIpc) is 2.83. The SMILES string of the molecule is O=C(c1cc([N+](=O)[O-])ccc1N1CCOCC1)N1CCN(c2cccc(C(F)(F)F)c2)CC1. The number of benzene rings is 2. The molecule has 2 aromatic rings. The first-order valence-electron chi connectivity index (χ1n) is 10.6. The summed E-state index contributed by atoms with van der Waals surface area (Å²) >= 11 is 0. The number of non-ortho nitro benzene ring substituents is 1. The Morgan fingerprint density at radius 2 is 1.64 bits per heavy atom. The molecule has 4 rings (SSSR count).